The predicted molar refractivity (Wildman–Crippen MR) is 96.0 cm³/mol. The van der Waals surface area contributed by atoms with E-state index < -0.39 is 0 Å². The van der Waals surface area contributed by atoms with E-state index in [0.717, 1.165) is 29.3 Å². The molecule has 2 amide bonds. The predicted octanol–water partition coefficient (Wildman–Crippen LogP) is 1.74. The lowest BCUT2D eigenvalue weighted by Gasteiger charge is -2.30. The first-order chi connectivity index (χ1) is 12.0. The van der Waals surface area contributed by atoms with Crippen LogP contribution in [0.1, 0.15) is 24.8 Å². The van der Waals surface area contributed by atoms with Crippen LogP contribution >= 0.6 is 0 Å². The Kier molecular flexibility index (Phi) is 5.38. The van der Waals surface area contributed by atoms with E-state index >= 15 is 0 Å². The van der Waals surface area contributed by atoms with Gasteiger partial charge in [0, 0.05) is 42.8 Å². The van der Waals surface area contributed by atoms with Crippen LogP contribution < -0.4 is 11.1 Å². The van der Waals surface area contributed by atoms with Crippen molar-refractivity contribution in [2.45, 2.75) is 38.8 Å². The van der Waals surface area contributed by atoms with Crippen molar-refractivity contribution >= 4 is 22.7 Å². The zero-order chi connectivity index (χ0) is 17.8. The number of rotatable bonds is 6. The Morgan fingerprint density at radius 1 is 1.32 bits per heavy atom. The zero-order valence-electron chi connectivity index (χ0n) is 14.5. The molecule has 0 aliphatic carbocycles. The summed E-state index contributed by atoms with van der Waals surface area (Å²) >= 11 is 0. The first kappa shape index (κ1) is 17.5. The molecule has 0 unspecified atom stereocenters. The Balaban J connectivity index is 1.71. The van der Waals surface area contributed by atoms with Crippen molar-refractivity contribution < 1.29 is 14.3 Å². The largest absolute Gasteiger partial charge is 0.381 e. The number of carbonyl (C=O) groups excluding carboxylic acids is 2. The van der Waals surface area contributed by atoms with Crippen LogP contribution in [0.4, 0.5) is 0 Å². The van der Waals surface area contributed by atoms with Crippen molar-refractivity contribution in [3.8, 4) is 0 Å². The number of hydrogen-bond donors (Lipinski definition) is 2. The number of amides is 2. The Morgan fingerprint density at radius 2 is 2.04 bits per heavy atom. The van der Waals surface area contributed by atoms with Crippen molar-refractivity contribution in [3.05, 3.63) is 36.0 Å². The van der Waals surface area contributed by atoms with E-state index in [1.165, 1.54) is 0 Å². The standard InChI is InChI=1S/C19H25N3O3/c1-13-11-22(17-5-3-2-4-15(13)17)12-19(24)21-16(10-18(20)23)14-6-8-25-9-7-14/h2-5,11,14,16H,6-10,12H2,1H3,(H2,20,23)(H,21,24)/t16-/m0/s1. The molecule has 1 aliphatic rings. The molecule has 0 bridgehead atoms. The summed E-state index contributed by atoms with van der Waals surface area (Å²) in [7, 11) is 0. The van der Waals surface area contributed by atoms with Gasteiger partial charge in [0.2, 0.25) is 11.8 Å². The van der Waals surface area contributed by atoms with Crippen molar-refractivity contribution in [1.82, 2.24) is 9.88 Å². The van der Waals surface area contributed by atoms with Gasteiger partial charge in [0.25, 0.3) is 0 Å². The Bertz CT molecular complexity index is 762. The van der Waals surface area contributed by atoms with Gasteiger partial charge < -0.3 is 20.4 Å². The third-order valence-electron chi connectivity index (χ3n) is 4.90. The quantitative estimate of drug-likeness (QED) is 0.837. The molecule has 0 spiro atoms. The first-order valence-electron chi connectivity index (χ1n) is 8.74. The molecule has 2 heterocycles. The minimum atomic E-state index is -0.390. The highest BCUT2D eigenvalue weighted by Crippen LogP contribution is 2.22. The second kappa shape index (κ2) is 7.70. The van der Waals surface area contributed by atoms with Crippen LogP contribution in [-0.4, -0.2) is 35.6 Å². The summed E-state index contributed by atoms with van der Waals surface area (Å²) in [5, 5.41) is 4.17. The maximum absolute atomic E-state index is 12.6. The van der Waals surface area contributed by atoms with E-state index in [0.29, 0.717) is 13.2 Å². The van der Waals surface area contributed by atoms with Crippen LogP contribution in [0.15, 0.2) is 30.5 Å². The summed E-state index contributed by atoms with van der Waals surface area (Å²) in [5.74, 6) is -0.258. The second-order valence-electron chi connectivity index (χ2n) is 6.75. The summed E-state index contributed by atoms with van der Waals surface area (Å²) in [6.07, 6.45) is 3.83. The normalized spacial score (nSPS) is 16.7. The second-order valence-corrected chi connectivity index (χ2v) is 6.75. The van der Waals surface area contributed by atoms with Gasteiger partial charge in [-0.25, -0.2) is 0 Å². The average Bonchev–Trinajstić information content (AvgIpc) is 2.91. The van der Waals surface area contributed by atoms with Crippen LogP contribution in [0.25, 0.3) is 10.9 Å². The zero-order valence-corrected chi connectivity index (χ0v) is 14.5. The summed E-state index contributed by atoms with van der Waals surface area (Å²) in [5.41, 5.74) is 7.55. The maximum Gasteiger partial charge on any atom is 0.240 e. The summed E-state index contributed by atoms with van der Waals surface area (Å²) in [6.45, 7) is 3.59. The minimum absolute atomic E-state index is 0.0986. The highest BCUT2D eigenvalue weighted by atomic mass is 16.5. The number of para-hydroxylation sites is 1. The minimum Gasteiger partial charge on any atom is -0.381 e. The van der Waals surface area contributed by atoms with E-state index in [1.54, 1.807) is 0 Å². The molecule has 1 aromatic heterocycles. The lowest BCUT2D eigenvalue weighted by Crippen LogP contribution is -2.45. The van der Waals surface area contributed by atoms with E-state index in [2.05, 4.69) is 11.4 Å². The van der Waals surface area contributed by atoms with Crippen LogP contribution in [-0.2, 0) is 20.9 Å². The third-order valence-corrected chi connectivity index (χ3v) is 4.90. The molecule has 6 heteroatoms. The van der Waals surface area contributed by atoms with Gasteiger partial charge in [-0.1, -0.05) is 18.2 Å². The summed E-state index contributed by atoms with van der Waals surface area (Å²) in [6, 6.07) is 7.80. The molecule has 0 radical (unpaired) electrons. The molecule has 1 atom stereocenters. The number of benzene rings is 1. The Labute approximate surface area is 147 Å². The number of aryl methyl sites for hydroxylation is 1. The van der Waals surface area contributed by atoms with Gasteiger partial charge in [-0.05, 0) is 37.3 Å². The lowest BCUT2D eigenvalue weighted by atomic mass is 9.89. The van der Waals surface area contributed by atoms with Gasteiger partial charge in [0.15, 0.2) is 0 Å². The molecule has 1 fully saturated rings. The fourth-order valence-electron chi connectivity index (χ4n) is 3.64. The first-order valence-corrected chi connectivity index (χ1v) is 8.74. The molecule has 1 saturated heterocycles. The Morgan fingerprint density at radius 3 is 2.76 bits per heavy atom. The Hall–Kier alpha value is -2.34. The summed E-state index contributed by atoms with van der Waals surface area (Å²) < 4.78 is 7.32. The highest BCUT2D eigenvalue weighted by Gasteiger charge is 2.27. The van der Waals surface area contributed by atoms with E-state index in [1.807, 2.05) is 35.9 Å². The number of nitrogens with two attached hydrogens (primary N) is 1. The van der Waals surface area contributed by atoms with Crippen molar-refractivity contribution in [3.63, 3.8) is 0 Å². The lowest BCUT2D eigenvalue weighted by molar-refractivity contribution is -0.124. The van der Waals surface area contributed by atoms with E-state index in [4.69, 9.17) is 10.5 Å². The van der Waals surface area contributed by atoms with Crippen molar-refractivity contribution in [2.75, 3.05) is 13.2 Å². The number of fused-ring (bicyclic) bond motifs is 1. The van der Waals surface area contributed by atoms with E-state index in [-0.39, 0.29) is 36.7 Å². The van der Waals surface area contributed by atoms with Crippen LogP contribution in [0.2, 0.25) is 0 Å². The molecule has 0 saturated carbocycles. The van der Waals surface area contributed by atoms with Crippen LogP contribution in [0.5, 0.6) is 0 Å². The van der Waals surface area contributed by atoms with Gasteiger partial charge in [-0.2, -0.15) is 0 Å². The number of aromatic nitrogens is 1. The van der Waals surface area contributed by atoms with Crippen LogP contribution in [0, 0.1) is 12.8 Å². The van der Waals surface area contributed by atoms with Crippen molar-refractivity contribution in [1.29, 1.82) is 0 Å². The van der Waals surface area contributed by atoms with Gasteiger partial charge in [0.1, 0.15) is 6.54 Å². The van der Waals surface area contributed by atoms with Crippen LogP contribution in [0.3, 0.4) is 0 Å². The number of nitrogens with one attached hydrogen (secondary N) is 1. The molecule has 2 aromatic rings. The highest BCUT2D eigenvalue weighted by molar-refractivity contribution is 5.86. The molecule has 25 heavy (non-hydrogen) atoms. The molecule has 6 nitrogen and oxygen atoms in total. The molecule has 1 aliphatic heterocycles. The molecule has 134 valence electrons. The fraction of sp³-hybridized carbons (Fsp3) is 0.474. The number of carbonyl (C=O) groups is 2. The molecule has 3 N–H and O–H groups in total. The number of nitrogens with zero attached hydrogens (tertiary/aromatic N) is 1. The fourth-order valence-corrected chi connectivity index (χ4v) is 3.64. The SMILES string of the molecule is Cc1cn(CC(=O)N[C@@H](CC(N)=O)C2CCOCC2)c2ccccc12. The summed E-state index contributed by atoms with van der Waals surface area (Å²) in [4.78, 5) is 24.0. The monoisotopic (exact) mass is 343 g/mol. The average molecular weight is 343 g/mol. The topological polar surface area (TPSA) is 86.4 Å². The van der Waals surface area contributed by atoms with Gasteiger partial charge in [-0.15, -0.1) is 0 Å². The smallest absolute Gasteiger partial charge is 0.240 e. The molecular formula is C19H25N3O3. The van der Waals surface area contributed by atoms with Gasteiger partial charge in [-0.3, -0.25) is 9.59 Å². The molecule has 3 rings (SSSR count). The van der Waals surface area contributed by atoms with Gasteiger partial charge >= 0.3 is 0 Å². The third kappa shape index (κ3) is 4.20. The number of ether oxygens (including phenoxy) is 1. The number of primary amides is 1. The maximum atomic E-state index is 12.6. The molecule has 1 aromatic carbocycles. The molecular weight excluding hydrogens is 318 g/mol. The number of hydrogen-bond acceptors (Lipinski definition) is 3. The van der Waals surface area contributed by atoms with Gasteiger partial charge in [0.05, 0.1) is 0 Å². The van der Waals surface area contributed by atoms with E-state index in [9.17, 15) is 9.59 Å². The van der Waals surface area contributed by atoms with Crippen molar-refractivity contribution in [2.24, 2.45) is 11.7 Å².